The van der Waals surface area contributed by atoms with Crippen LogP contribution < -0.4 is 10.2 Å². The van der Waals surface area contributed by atoms with E-state index >= 15 is 0 Å². The minimum absolute atomic E-state index is 0.0716. The second-order valence-corrected chi connectivity index (χ2v) is 4.45. The molecule has 1 saturated heterocycles. The Hall–Kier alpha value is -2.20. The van der Waals surface area contributed by atoms with Gasteiger partial charge in [-0.2, -0.15) is 5.26 Å². The number of carbonyl (C=O) groups is 1. The lowest BCUT2D eigenvalue weighted by molar-refractivity contribution is -0.124. The fourth-order valence-corrected chi connectivity index (χ4v) is 1.99. The molecule has 2 rings (SSSR count). The van der Waals surface area contributed by atoms with Crippen molar-refractivity contribution in [3.63, 3.8) is 0 Å². The Morgan fingerprint density at radius 3 is 3.10 bits per heavy atom. The van der Waals surface area contributed by atoms with Crippen LogP contribution >= 0.6 is 0 Å². The average molecular weight is 275 g/mol. The maximum Gasteiger partial charge on any atom is 0.245 e. The third-order valence-electron chi connectivity index (χ3n) is 3.03. The van der Waals surface area contributed by atoms with E-state index in [0.29, 0.717) is 32.1 Å². The molecule has 1 amide bonds. The van der Waals surface area contributed by atoms with Gasteiger partial charge in [0.2, 0.25) is 5.91 Å². The molecule has 2 heterocycles. The second-order valence-electron chi connectivity index (χ2n) is 4.45. The number of nitriles is 1. The molecule has 1 atom stereocenters. The Kier molecular flexibility index (Phi) is 4.85. The average Bonchev–Trinajstić information content (AvgIpc) is 2.52. The molecular formula is C13H17N5O2. The van der Waals surface area contributed by atoms with Gasteiger partial charge in [-0.15, -0.1) is 0 Å². The van der Waals surface area contributed by atoms with Gasteiger partial charge in [-0.25, -0.2) is 9.97 Å². The van der Waals surface area contributed by atoms with E-state index in [1.165, 1.54) is 12.4 Å². The van der Waals surface area contributed by atoms with Crippen molar-refractivity contribution in [2.45, 2.75) is 19.4 Å². The van der Waals surface area contributed by atoms with Gasteiger partial charge in [0.1, 0.15) is 17.9 Å². The molecule has 1 fully saturated rings. The number of carbonyl (C=O) groups excluding carboxylic acids is 1. The number of ether oxygens (including phenoxy) is 1. The molecule has 1 aromatic heterocycles. The first-order valence-corrected chi connectivity index (χ1v) is 6.60. The van der Waals surface area contributed by atoms with Crippen LogP contribution in [0.4, 0.5) is 5.82 Å². The summed E-state index contributed by atoms with van der Waals surface area (Å²) >= 11 is 0. The van der Waals surface area contributed by atoms with Crippen LogP contribution in [-0.2, 0) is 9.53 Å². The van der Waals surface area contributed by atoms with Gasteiger partial charge in [-0.05, 0) is 6.42 Å². The molecule has 7 heteroatoms. The molecule has 1 N–H and O–H groups in total. The Morgan fingerprint density at radius 1 is 1.60 bits per heavy atom. The molecule has 0 aliphatic carbocycles. The summed E-state index contributed by atoms with van der Waals surface area (Å²) in [7, 11) is 0. The first-order chi connectivity index (χ1) is 9.76. The zero-order valence-electron chi connectivity index (χ0n) is 11.4. The third kappa shape index (κ3) is 3.22. The van der Waals surface area contributed by atoms with Crippen LogP contribution in [0.1, 0.15) is 19.0 Å². The van der Waals surface area contributed by atoms with Gasteiger partial charge >= 0.3 is 0 Å². The zero-order chi connectivity index (χ0) is 14.4. The molecular weight excluding hydrogens is 258 g/mol. The summed E-state index contributed by atoms with van der Waals surface area (Å²) in [6.45, 7) is 4.09. The van der Waals surface area contributed by atoms with Crippen molar-refractivity contribution < 1.29 is 9.53 Å². The van der Waals surface area contributed by atoms with Gasteiger partial charge in [0.05, 0.1) is 25.6 Å². The van der Waals surface area contributed by atoms with E-state index in [-0.39, 0.29) is 11.6 Å². The summed E-state index contributed by atoms with van der Waals surface area (Å²) < 4.78 is 5.38. The van der Waals surface area contributed by atoms with Crippen LogP contribution in [0.2, 0.25) is 0 Å². The smallest absolute Gasteiger partial charge is 0.245 e. The summed E-state index contributed by atoms with van der Waals surface area (Å²) in [6, 6.07) is 1.52. The van der Waals surface area contributed by atoms with Crippen LogP contribution in [0.15, 0.2) is 12.4 Å². The number of nitrogens with zero attached hydrogens (tertiary/aromatic N) is 4. The van der Waals surface area contributed by atoms with Gasteiger partial charge in [0, 0.05) is 13.1 Å². The second kappa shape index (κ2) is 6.82. The maximum absolute atomic E-state index is 12.1. The van der Waals surface area contributed by atoms with Gasteiger partial charge in [0.25, 0.3) is 0 Å². The molecule has 0 saturated carbocycles. The summed E-state index contributed by atoms with van der Waals surface area (Å²) in [5, 5.41) is 11.6. The Balaban J connectivity index is 2.13. The molecule has 106 valence electrons. The molecule has 0 aromatic carbocycles. The SMILES string of the molecule is CCCNC(=O)C1COCCN1c1cnc(C#N)cn1. The fraction of sp³-hybridized carbons (Fsp3) is 0.538. The van der Waals surface area contributed by atoms with Gasteiger partial charge < -0.3 is 15.0 Å². The van der Waals surface area contributed by atoms with Gasteiger partial charge in [0.15, 0.2) is 5.69 Å². The predicted molar refractivity (Wildman–Crippen MR) is 72.0 cm³/mol. The number of anilines is 1. The van der Waals surface area contributed by atoms with Crippen molar-refractivity contribution in [2.75, 3.05) is 31.2 Å². The number of morpholine rings is 1. The lowest BCUT2D eigenvalue weighted by Crippen LogP contribution is -2.54. The molecule has 1 aliphatic rings. The Bertz CT molecular complexity index is 496. The van der Waals surface area contributed by atoms with Crippen LogP contribution in [0, 0.1) is 11.3 Å². The quantitative estimate of drug-likeness (QED) is 0.836. The number of nitrogens with one attached hydrogen (secondary N) is 1. The molecule has 1 aromatic rings. The zero-order valence-corrected chi connectivity index (χ0v) is 11.4. The van der Waals surface area contributed by atoms with E-state index in [9.17, 15) is 4.79 Å². The van der Waals surface area contributed by atoms with E-state index < -0.39 is 6.04 Å². The van der Waals surface area contributed by atoms with Gasteiger partial charge in [-0.3, -0.25) is 4.79 Å². The third-order valence-corrected chi connectivity index (χ3v) is 3.03. The molecule has 1 aliphatic heterocycles. The fourth-order valence-electron chi connectivity index (χ4n) is 1.99. The van der Waals surface area contributed by atoms with Crippen molar-refractivity contribution in [1.29, 1.82) is 5.26 Å². The molecule has 0 radical (unpaired) electrons. The molecule has 20 heavy (non-hydrogen) atoms. The predicted octanol–water partition coefficient (Wildman–Crippen LogP) is 0.0797. The monoisotopic (exact) mass is 275 g/mol. The van der Waals surface area contributed by atoms with Crippen LogP contribution in [0.25, 0.3) is 0 Å². The number of amides is 1. The normalized spacial score (nSPS) is 18.4. The van der Waals surface area contributed by atoms with E-state index in [2.05, 4.69) is 15.3 Å². The highest BCUT2D eigenvalue weighted by Gasteiger charge is 2.30. The molecule has 7 nitrogen and oxygen atoms in total. The first kappa shape index (κ1) is 14.2. The number of rotatable bonds is 4. The molecule has 0 bridgehead atoms. The summed E-state index contributed by atoms with van der Waals surface area (Å²) in [5.41, 5.74) is 0.258. The summed E-state index contributed by atoms with van der Waals surface area (Å²) in [5.74, 6) is 0.515. The Morgan fingerprint density at radius 2 is 2.45 bits per heavy atom. The number of hydrogen-bond acceptors (Lipinski definition) is 6. The first-order valence-electron chi connectivity index (χ1n) is 6.60. The van der Waals surface area contributed by atoms with Crippen molar-refractivity contribution in [3.8, 4) is 6.07 Å². The topological polar surface area (TPSA) is 91.1 Å². The highest BCUT2D eigenvalue weighted by molar-refractivity contribution is 5.85. The molecule has 0 spiro atoms. The lowest BCUT2D eigenvalue weighted by atomic mass is 10.2. The minimum atomic E-state index is -0.405. The summed E-state index contributed by atoms with van der Waals surface area (Å²) in [6.07, 6.45) is 3.81. The minimum Gasteiger partial charge on any atom is -0.377 e. The van der Waals surface area contributed by atoms with Crippen molar-refractivity contribution >= 4 is 11.7 Å². The maximum atomic E-state index is 12.1. The van der Waals surface area contributed by atoms with Crippen LogP contribution in [0.3, 0.4) is 0 Å². The van der Waals surface area contributed by atoms with Crippen LogP contribution in [0.5, 0.6) is 0 Å². The van der Waals surface area contributed by atoms with E-state index in [1.54, 1.807) is 0 Å². The van der Waals surface area contributed by atoms with Crippen molar-refractivity contribution in [1.82, 2.24) is 15.3 Å². The number of aromatic nitrogens is 2. The largest absolute Gasteiger partial charge is 0.377 e. The summed E-state index contributed by atoms with van der Waals surface area (Å²) in [4.78, 5) is 22.2. The standard InChI is InChI=1S/C13H17N5O2/c1-2-3-15-13(19)11-9-20-5-4-18(11)12-8-16-10(6-14)7-17-12/h7-8,11H,2-5,9H2,1H3,(H,15,19). The van der Waals surface area contributed by atoms with Crippen LogP contribution in [-0.4, -0.2) is 48.2 Å². The highest BCUT2D eigenvalue weighted by Crippen LogP contribution is 2.16. The van der Waals surface area contributed by atoms with Crippen molar-refractivity contribution in [2.24, 2.45) is 0 Å². The highest BCUT2D eigenvalue weighted by atomic mass is 16.5. The van der Waals surface area contributed by atoms with E-state index in [4.69, 9.17) is 10.00 Å². The number of hydrogen-bond donors (Lipinski definition) is 1. The van der Waals surface area contributed by atoms with Crippen molar-refractivity contribution in [3.05, 3.63) is 18.1 Å². The van der Waals surface area contributed by atoms with E-state index in [1.807, 2.05) is 17.9 Å². The lowest BCUT2D eigenvalue weighted by Gasteiger charge is -2.35. The van der Waals surface area contributed by atoms with Gasteiger partial charge in [-0.1, -0.05) is 6.92 Å². The van der Waals surface area contributed by atoms with E-state index in [0.717, 1.165) is 6.42 Å². The molecule has 1 unspecified atom stereocenters. The Labute approximate surface area is 117 Å².